The van der Waals surface area contributed by atoms with Gasteiger partial charge in [0, 0.05) is 12.6 Å². The summed E-state index contributed by atoms with van der Waals surface area (Å²) in [4.78, 5) is 24.7. The maximum absolute atomic E-state index is 12.2. The van der Waals surface area contributed by atoms with Crippen LogP contribution in [0.15, 0.2) is 18.2 Å². The van der Waals surface area contributed by atoms with Crippen LogP contribution in [-0.2, 0) is 9.53 Å². The first kappa shape index (κ1) is 16.5. The summed E-state index contributed by atoms with van der Waals surface area (Å²) in [5.74, 6) is 5.33. The summed E-state index contributed by atoms with van der Waals surface area (Å²) >= 11 is 0. The lowest BCUT2D eigenvalue weighted by atomic mass is 10.1. The molecule has 6 heteroatoms. The van der Waals surface area contributed by atoms with Gasteiger partial charge in [0.15, 0.2) is 0 Å². The number of nitrogens with zero attached hydrogens (tertiary/aromatic N) is 1. The van der Waals surface area contributed by atoms with E-state index < -0.39 is 5.97 Å². The van der Waals surface area contributed by atoms with Gasteiger partial charge in [0.1, 0.15) is 12.3 Å². The highest BCUT2D eigenvalue weighted by molar-refractivity contribution is 5.96. The van der Waals surface area contributed by atoms with Gasteiger partial charge in [-0.3, -0.25) is 9.59 Å². The number of likely N-dealkylation sites (N-methyl/N-ethyl adjacent to an activating group) is 1. The van der Waals surface area contributed by atoms with E-state index >= 15 is 0 Å². The quantitative estimate of drug-likeness (QED) is 0.635. The summed E-state index contributed by atoms with van der Waals surface area (Å²) in [6, 6.07) is 4.87. The maximum atomic E-state index is 12.2. The van der Waals surface area contributed by atoms with Crippen LogP contribution >= 0.6 is 0 Å². The lowest BCUT2D eigenvalue weighted by Gasteiger charge is -2.16. The van der Waals surface area contributed by atoms with E-state index in [1.807, 2.05) is 0 Å². The minimum atomic E-state index is -0.484. The number of esters is 1. The SMILES string of the molecule is COC(=O)CN(C)C(=O)c1ccc(OC)c(C#CCN)c1. The highest BCUT2D eigenvalue weighted by Gasteiger charge is 2.16. The Hall–Kier alpha value is -2.52. The molecule has 1 aromatic rings. The molecule has 0 saturated carbocycles. The van der Waals surface area contributed by atoms with Crippen molar-refractivity contribution in [1.82, 2.24) is 4.90 Å². The third kappa shape index (κ3) is 4.51. The number of benzene rings is 1. The van der Waals surface area contributed by atoms with Crippen LogP contribution < -0.4 is 10.5 Å². The van der Waals surface area contributed by atoms with Crippen molar-refractivity contribution in [3.63, 3.8) is 0 Å². The molecule has 0 atom stereocenters. The fourth-order valence-electron chi connectivity index (χ4n) is 1.64. The molecule has 0 bridgehead atoms. The molecule has 0 aliphatic carbocycles. The van der Waals surface area contributed by atoms with Crippen molar-refractivity contribution < 1.29 is 19.1 Å². The molecule has 0 spiro atoms. The second-order valence-corrected chi connectivity index (χ2v) is 4.16. The minimum Gasteiger partial charge on any atom is -0.495 e. The highest BCUT2D eigenvalue weighted by atomic mass is 16.5. The Morgan fingerprint density at radius 1 is 1.33 bits per heavy atom. The summed E-state index contributed by atoms with van der Waals surface area (Å²) in [7, 11) is 4.32. The van der Waals surface area contributed by atoms with E-state index in [2.05, 4.69) is 16.6 Å². The summed E-state index contributed by atoms with van der Waals surface area (Å²) in [6.45, 7) is 0.0920. The van der Waals surface area contributed by atoms with Gasteiger partial charge in [-0.15, -0.1) is 0 Å². The van der Waals surface area contributed by atoms with Gasteiger partial charge in [-0.25, -0.2) is 0 Å². The molecule has 1 rings (SSSR count). The molecule has 2 N–H and O–H groups in total. The van der Waals surface area contributed by atoms with Gasteiger partial charge >= 0.3 is 5.97 Å². The van der Waals surface area contributed by atoms with E-state index in [-0.39, 0.29) is 19.0 Å². The molecule has 0 radical (unpaired) electrons. The Kier molecular flexibility index (Phi) is 6.24. The molecule has 0 saturated heterocycles. The van der Waals surface area contributed by atoms with Gasteiger partial charge in [0.25, 0.3) is 5.91 Å². The molecule has 0 aliphatic heterocycles. The van der Waals surface area contributed by atoms with Crippen LogP contribution in [0.3, 0.4) is 0 Å². The first-order valence-electron chi connectivity index (χ1n) is 6.22. The number of carbonyl (C=O) groups excluding carboxylic acids is 2. The number of methoxy groups -OCH3 is 2. The summed E-state index contributed by atoms with van der Waals surface area (Å²) < 4.78 is 9.71. The molecule has 0 unspecified atom stereocenters. The molecular formula is C15H18N2O4. The van der Waals surface area contributed by atoms with Crippen molar-refractivity contribution in [3.05, 3.63) is 29.3 Å². The second kappa shape index (κ2) is 7.92. The van der Waals surface area contributed by atoms with Crippen LogP contribution in [0, 0.1) is 11.8 Å². The van der Waals surface area contributed by atoms with Gasteiger partial charge in [0.2, 0.25) is 0 Å². The first-order chi connectivity index (χ1) is 10.0. The Bertz CT molecular complexity index is 587. The molecule has 1 amide bonds. The normalized spacial score (nSPS) is 9.33. The van der Waals surface area contributed by atoms with Gasteiger partial charge in [-0.05, 0) is 18.2 Å². The molecular weight excluding hydrogens is 272 g/mol. The third-order valence-corrected chi connectivity index (χ3v) is 2.71. The van der Waals surface area contributed by atoms with Crippen molar-refractivity contribution in [2.24, 2.45) is 5.73 Å². The van der Waals surface area contributed by atoms with E-state index in [1.54, 1.807) is 18.2 Å². The van der Waals surface area contributed by atoms with Gasteiger partial charge in [0.05, 0.1) is 26.3 Å². The molecule has 21 heavy (non-hydrogen) atoms. The fraction of sp³-hybridized carbons (Fsp3) is 0.333. The van der Waals surface area contributed by atoms with E-state index in [9.17, 15) is 9.59 Å². The van der Waals surface area contributed by atoms with E-state index in [1.165, 1.54) is 26.2 Å². The monoisotopic (exact) mass is 290 g/mol. The average molecular weight is 290 g/mol. The summed E-state index contributed by atoms with van der Waals surface area (Å²) in [6.07, 6.45) is 0. The molecule has 1 aromatic carbocycles. The molecule has 0 aliphatic rings. The lowest BCUT2D eigenvalue weighted by molar-refractivity contribution is -0.141. The van der Waals surface area contributed by atoms with Crippen LogP contribution in [0.4, 0.5) is 0 Å². The zero-order chi connectivity index (χ0) is 15.8. The number of ether oxygens (including phenoxy) is 2. The van der Waals surface area contributed by atoms with Gasteiger partial charge < -0.3 is 20.1 Å². The van der Waals surface area contributed by atoms with E-state index in [0.29, 0.717) is 16.9 Å². The van der Waals surface area contributed by atoms with Crippen LogP contribution in [-0.4, -0.2) is 51.1 Å². The van der Waals surface area contributed by atoms with Gasteiger partial charge in [-0.1, -0.05) is 11.8 Å². The summed E-state index contributed by atoms with van der Waals surface area (Å²) in [5, 5.41) is 0. The summed E-state index contributed by atoms with van der Waals surface area (Å²) in [5.41, 5.74) is 6.32. The Morgan fingerprint density at radius 2 is 2.05 bits per heavy atom. The predicted molar refractivity (Wildman–Crippen MR) is 77.9 cm³/mol. The fourth-order valence-corrected chi connectivity index (χ4v) is 1.64. The average Bonchev–Trinajstić information content (AvgIpc) is 2.51. The molecule has 0 aromatic heterocycles. The van der Waals surface area contributed by atoms with Crippen molar-refractivity contribution in [2.45, 2.75) is 0 Å². The largest absolute Gasteiger partial charge is 0.495 e. The number of hydrogen-bond donors (Lipinski definition) is 1. The molecule has 6 nitrogen and oxygen atoms in total. The van der Waals surface area contributed by atoms with Crippen molar-refractivity contribution in [2.75, 3.05) is 34.4 Å². The van der Waals surface area contributed by atoms with Crippen LogP contribution in [0.25, 0.3) is 0 Å². The number of amides is 1. The van der Waals surface area contributed by atoms with E-state index in [4.69, 9.17) is 10.5 Å². The Morgan fingerprint density at radius 3 is 2.62 bits per heavy atom. The maximum Gasteiger partial charge on any atom is 0.325 e. The van der Waals surface area contributed by atoms with Gasteiger partial charge in [-0.2, -0.15) is 0 Å². The van der Waals surface area contributed by atoms with Crippen LogP contribution in [0.5, 0.6) is 5.75 Å². The predicted octanol–water partition coefficient (Wildman–Crippen LogP) is 0.250. The van der Waals surface area contributed by atoms with Crippen LogP contribution in [0.1, 0.15) is 15.9 Å². The first-order valence-corrected chi connectivity index (χ1v) is 6.22. The second-order valence-electron chi connectivity index (χ2n) is 4.16. The van der Waals surface area contributed by atoms with Crippen molar-refractivity contribution >= 4 is 11.9 Å². The Labute approximate surface area is 123 Å². The topological polar surface area (TPSA) is 81.9 Å². The van der Waals surface area contributed by atoms with E-state index in [0.717, 1.165) is 0 Å². The molecule has 112 valence electrons. The zero-order valence-corrected chi connectivity index (χ0v) is 12.3. The number of hydrogen-bond acceptors (Lipinski definition) is 5. The smallest absolute Gasteiger partial charge is 0.325 e. The van der Waals surface area contributed by atoms with Crippen molar-refractivity contribution in [3.8, 4) is 17.6 Å². The number of nitrogens with two attached hydrogens (primary N) is 1. The number of carbonyl (C=O) groups is 2. The third-order valence-electron chi connectivity index (χ3n) is 2.71. The molecule has 0 heterocycles. The standard InChI is InChI=1S/C15H18N2O4/c1-17(10-14(18)21-3)15(19)12-6-7-13(20-2)11(9-12)5-4-8-16/h6-7,9H,8,10,16H2,1-3H3. The van der Waals surface area contributed by atoms with Crippen LogP contribution in [0.2, 0.25) is 0 Å². The van der Waals surface area contributed by atoms with Crippen molar-refractivity contribution in [1.29, 1.82) is 0 Å². The molecule has 0 fully saturated rings. The highest BCUT2D eigenvalue weighted by Crippen LogP contribution is 2.19. The minimum absolute atomic E-state index is 0.120. The lowest BCUT2D eigenvalue weighted by Crippen LogP contribution is -2.32. The Balaban J connectivity index is 3.02. The zero-order valence-electron chi connectivity index (χ0n) is 12.3. The number of rotatable bonds is 4.